The van der Waals surface area contributed by atoms with E-state index in [2.05, 4.69) is 6.58 Å². The summed E-state index contributed by atoms with van der Waals surface area (Å²) in [6, 6.07) is 0. The van der Waals surface area contributed by atoms with Gasteiger partial charge in [0.2, 0.25) is 0 Å². The normalized spacial score (nSPS) is 14.3. The minimum Gasteiger partial charge on any atom is -0.481 e. The molecule has 0 heterocycles. The highest BCUT2D eigenvalue weighted by atomic mass is 16.5. The van der Waals surface area contributed by atoms with Crippen molar-refractivity contribution in [3.63, 3.8) is 0 Å². The van der Waals surface area contributed by atoms with Crippen LogP contribution in [-0.4, -0.2) is 23.0 Å². The molecule has 0 saturated heterocycles. The fourth-order valence-corrected chi connectivity index (χ4v) is 3.47. The summed E-state index contributed by atoms with van der Waals surface area (Å²) < 4.78 is 10.1. The van der Waals surface area contributed by atoms with Crippen molar-refractivity contribution in [1.82, 2.24) is 0 Å². The maximum atomic E-state index is 11.8. The van der Waals surface area contributed by atoms with Gasteiger partial charge in [-0.3, -0.25) is 14.4 Å². The van der Waals surface area contributed by atoms with Crippen LogP contribution >= 0.6 is 0 Å². The van der Waals surface area contributed by atoms with E-state index in [1.54, 1.807) is 72.9 Å². The SMILES string of the molecule is C=C/C=C/C=C/C=C/C=C/C=C/C=C/C=C/CC(=O)O/C=C/C=C/C=C/C=C/C=C/C=C/C=C/C=C/CC(=O)O/C=C/C=C/C=C/C=C/C=C/C=C/C=C/C=C/CC(=O)O. The van der Waals surface area contributed by atoms with Crippen molar-refractivity contribution in [2.24, 2.45) is 0 Å². The zero-order valence-corrected chi connectivity index (χ0v) is 34.0. The molecule has 60 heavy (non-hydrogen) atoms. The smallest absolute Gasteiger partial charge is 0.314 e. The molecule has 0 fully saturated rings. The van der Waals surface area contributed by atoms with Gasteiger partial charge in [0, 0.05) is 0 Å². The van der Waals surface area contributed by atoms with Crippen LogP contribution in [0.15, 0.2) is 293 Å². The minimum atomic E-state index is -0.853. The lowest BCUT2D eigenvalue weighted by molar-refractivity contribution is -0.137. The van der Waals surface area contributed by atoms with Crippen molar-refractivity contribution in [2.45, 2.75) is 19.3 Å². The maximum Gasteiger partial charge on any atom is 0.314 e. The Hall–Kier alpha value is -7.83. The summed E-state index contributed by atoms with van der Waals surface area (Å²) in [5.41, 5.74) is 0. The molecule has 0 aromatic rings. The molecule has 6 nitrogen and oxygen atoms in total. The van der Waals surface area contributed by atoms with Gasteiger partial charge < -0.3 is 14.6 Å². The molecule has 308 valence electrons. The highest BCUT2D eigenvalue weighted by Crippen LogP contribution is 1.95. The van der Waals surface area contributed by atoms with Gasteiger partial charge in [-0.15, -0.1) is 0 Å². The maximum absolute atomic E-state index is 11.8. The molecule has 6 heteroatoms. The van der Waals surface area contributed by atoms with Crippen LogP contribution in [0.5, 0.6) is 0 Å². The molecular formula is C54H56O6. The number of carboxylic acid groups (broad SMARTS) is 1. The topological polar surface area (TPSA) is 89.9 Å². The van der Waals surface area contributed by atoms with E-state index in [1.165, 1.54) is 12.5 Å². The third-order valence-corrected chi connectivity index (χ3v) is 6.18. The molecule has 0 aromatic carbocycles. The highest BCUT2D eigenvalue weighted by Gasteiger charge is 1.95. The molecular weight excluding hydrogens is 745 g/mol. The van der Waals surface area contributed by atoms with E-state index < -0.39 is 5.97 Å². The fourth-order valence-electron chi connectivity index (χ4n) is 3.47. The second-order valence-electron chi connectivity index (χ2n) is 11.1. The second-order valence-corrected chi connectivity index (χ2v) is 11.1. The van der Waals surface area contributed by atoms with E-state index in [9.17, 15) is 14.4 Å². The number of hydrogen-bond acceptors (Lipinski definition) is 5. The third kappa shape index (κ3) is 46.3. The molecule has 0 aliphatic carbocycles. The lowest BCUT2D eigenvalue weighted by atomic mass is 10.3. The molecule has 0 rings (SSSR count). The monoisotopic (exact) mass is 800 g/mol. The average Bonchev–Trinajstić information content (AvgIpc) is 3.24. The first kappa shape index (κ1) is 52.2. The molecule has 0 amide bonds. The number of aliphatic carboxylic acids is 1. The van der Waals surface area contributed by atoms with Crippen molar-refractivity contribution in [3.8, 4) is 0 Å². The standard InChI is InChI=1S/C54H56O6/c1-2-3-4-5-6-7-8-9-12-18-23-28-33-38-43-48-53(57)59-51-46-41-36-31-26-21-16-11-14-19-24-29-34-39-44-49-54(58)60-50-45-40-35-30-25-20-15-10-13-17-22-27-32-37-42-47-52(55)56/h2-46,50-51H,1,47-49H2,(H,55,56)/b4-3+,6-5+,8-7+,12-9+,13-10+,14-11+,20-15+,21-16+,22-17+,23-18+,24-19+,30-25+,31-26+,32-27+,33-28+,34-29+,40-35+,41-36+,42-37+,43-38+,44-39+,50-45+,51-46+. The van der Waals surface area contributed by atoms with Gasteiger partial charge >= 0.3 is 17.9 Å². The summed E-state index contributed by atoms with van der Waals surface area (Å²) in [6.45, 7) is 3.61. The lowest BCUT2D eigenvalue weighted by Gasteiger charge is -1.92. The summed E-state index contributed by atoms with van der Waals surface area (Å²) in [6.07, 6.45) is 85.8. The number of carbonyl (C=O) groups excluding carboxylic acids is 2. The zero-order chi connectivity index (χ0) is 43.5. The Morgan fingerprint density at radius 3 is 0.733 bits per heavy atom. The number of allylic oxidation sites excluding steroid dienone is 42. The van der Waals surface area contributed by atoms with Gasteiger partial charge in [-0.05, 0) is 12.2 Å². The minimum absolute atomic E-state index is 0.0131. The van der Waals surface area contributed by atoms with Gasteiger partial charge in [0.1, 0.15) is 0 Å². The van der Waals surface area contributed by atoms with Crippen LogP contribution in [-0.2, 0) is 23.9 Å². The van der Waals surface area contributed by atoms with E-state index in [1.807, 2.05) is 201 Å². The quantitative estimate of drug-likeness (QED) is 0.0460. The van der Waals surface area contributed by atoms with E-state index in [0.717, 1.165) is 0 Å². The van der Waals surface area contributed by atoms with Crippen LogP contribution in [0.2, 0.25) is 0 Å². The van der Waals surface area contributed by atoms with Gasteiger partial charge in [-0.25, -0.2) is 0 Å². The Labute approximate surface area is 357 Å². The van der Waals surface area contributed by atoms with E-state index in [0.29, 0.717) is 0 Å². The number of ether oxygens (including phenoxy) is 2. The molecule has 0 aliphatic rings. The Morgan fingerprint density at radius 1 is 0.300 bits per heavy atom. The summed E-state index contributed by atoms with van der Waals surface area (Å²) in [4.78, 5) is 34.0. The van der Waals surface area contributed by atoms with Crippen molar-refractivity contribution >= 4 is 17.9 Å². The van der Waals surface area contributed by atoms with Crippen LogP contribution in [0, 0.1) is 0 Å². The molecule has 0 radical (unpaired) electrons. The molecule has 0 aliphatic heterocycles. The average molecular weight is 801 g/mol. The van der Waals surface area contributed by atoms with Gasteiger partial charge in [-0.2, -0.15) is 0 Å². The predicted octanol–water partition coefficient (Wildman–Crippen LogP) is 13.2. The Morgan fingerprint density at radius 2 is 0.500 bits per heavy atom. The van der Waals surface area contributed by atoms with Gasteiger partial charge in [-0.1, -0.05) is 268 Å². The highest BCUT2D eigenvalue weighted by molar-refractivity contribution is 5.72. The third-order valence-electron chi connectivity index (χ3n) is 6.18. The van der Waals surface area contributed by atoms with Crippen LogP contribution in [0.4, 0.5) is 0 Å². The van der Waals surface area contributed by atoms with Gasteiger partial charge in [0.15, 0.2) is 0 Å². The van der Waals surface area contributed by atoms with Crippen LogP contribution in [0.3, 0.4) is 0 Å². The zero-order valence-electron chi connectivity index (χ0n) is 34.0. The summed E-state index contributed by atoms with van der Waals surface area (Å²) in [5.74, 6) is -1.55. The van der Waals surface area contributed by atoms with Gasteiger partial charge in [0.05, 0.1) is 31.8 Å². The summed E-state index contributed by atoms with van der Waals surface area (Å²) in [7, 11) is 0. The number of carbonyl (C=O) groups is 3. The molecule has 0 spiro atoms. The van der Waals surface area contributed by atoms with Crippen molar-refractivity contribution in [2.75, 3.05) is 0 Å². The van der Waals surface area contributed by atoms with E-state index in [4.69, 9.17) is 14.6 Å². The largest absolute Gasteiger partial charge is 0.481 e. The fraction of sp³-hybridized carbons (Fsp3) is 0.0556. The lowest BCUT2D eigenvalue weighted by Crippen LogP contribution is -1.96. The van der Waals surface area contributed by atoms with Crippen LogP contribution in [0.1, 0.15) is 19.3 Å². The van der Waals surface area contributed by atoms with Crippen LogP contribution < -0.4 is 0 Å². The van der Waals surface area contributed by atoms with Crippen molar-refractivity contribution in [1.29, 1.82) is 0 Å². The van der Waals surface area contributed by atoms with Gasteiger partial charge in [0.25, 0.3) is 0 Å². The van der Waals surface area contributed by atoms with Crippen molar-refractivity contribution in [3.05, 3.63) is 293 Å². The Bertz CT molecular complexity index is 1940. The second kappa shape index (κ2) is 45.6. The first-order valence-corrected chi connectivity index (χ1v) is 19.1. The molecule has 0 unspecified atom stereocenters. The number of esters is 2. The number of carboxylic acids is 1. The first-order chi connectivity index (χ1) is 29.6. The first-order valence-electron chi connectivity index (χ1n) is 19.1. The Kier molecular flexibility index (Phi) is 39.6. The molecule has 0 saturated carbocycles. The van der Waals surface area contributed by atoms with E-state index in [-0.39, 0.29) is 31.2 Å². The van der Waals surface area contributed by atoms with Crippen LogP contribution in [0.25, 0.3) is 0 Å². The molecule has 0 atom stereocenters. The van der Waals surface area contributed by atoms with E-state index >= 15 is 0 Å². The number of hydrogen-bond donors (Lipinski definition) is 1. The molecule has 1 N–H and O–H groups in total. The summed E-state index contributed by atoms with van der Waals surface area (Å²) in [5, 5.41) is 8.53. The Balaban J connectivity index is 4.07. The molecule has 0 aromatic heterocycles. The molecule has 0 bridgehead atoms. The van der Waals surface area contributed by atoms with Crippen molar-refractivity contribution < 1.29 is 29.0 Å². The predicted molar refractivity (Wildman–Crippen MR) is 254 cm³/mol. The summed E-state index contributed by atoms with van der Waals surface area (Å²) >= 11 is 0. The number of rotatable bonds is 29.